The summed E-state index contributed by atoms with van der Waals surface area (Å²) in [6.07, 6.45) is -1.17. The van der Waals surface area contributed by atoms with Crippen molar-refractivity contribution in [2.45, 2.75) is 56.0 Å². The van der Waals surface area contributed by atoms with Gasteiger partial charge in [0.05, 0.1) is 6.61 Å². The van der Waals surface area contributed by atoms with Gasteiger partial charge in [-0.05, 0) is 12.2 Å². The SMILES string of the molecule is CCCCCS[C@@H]1O[C@H](CO)[C@H](O)[C@H](O)[C@H]1O. The van der Waals surface area contributed by atoms with Crippen molar-refractivity contribution in [3.05, 3.63) is 0 Å². The molecule has 0 aromatic carbocycles. The minimum absolute atomic E-state index is 0.364. The molecule has 0 radical (unpaired) electrons. The number of thioether (sulfide) groups is 1. The van der Waals surface area contributed by atoms with E-state index in [9.17, 15) is 15.3 Å². The summed E-state index contributed by atoms with van der Waals surface area (Å²) in [5.41, 5.74) is -0.581. The summed E-state index contributed by atoms with van der Waals surface area (Å²) in [4.78, 5) is 0. The molecular weight excluding hydrogens is 244 g/mol. The molecule has 1 aliphatic rings. The van der Waals surface area contributed by atoms with Crippen LogP contribution in [0.1, 0.15) is 26.2 Å². The smallest absolute Gasteiger partial charge is 0.132 e. The zero-order valence-corrected chi connectivity index (χ0v) is 10.8. The fraction of sp³-hybridized carbons (Fsp3) is 1.00. The summed E-state index contributed by atoms with van der Waals surface area (Å²) >= 11 is 1.42. The van der Waals surface area contributed by atoms with Crippen LogP contribution in [0.2, 0.25) is 0 Å². The maximum absolute atomic E-state index is 9.74. The number of aliphatic hydroxyl groups is 4. The topological polar surface area (TPSA) is 90.2 Å². The fourth-order valence-corrected chi connectivity index (χ4v) is 2.94. The van der Waals surface area contributed by atoms with Crippen LogP contribution in [0.25, 0.3) is 0 Å². The van der Waals surface area contributed by atoms with E-state index in [1.807, 2.05) is 0 Å². The maximum Gasteiger partial charge on any atom is 0.132 e. The Bertz CT molecular complexity index is 214. The standard InChI is InChI=1S/C11H22O5S/c1-2-3-4-5-17-11-10(15)9(14)8(13)7(6-12)16-11/h7-15H,2-6H2,1H3/t7-,8+,9+,10-,11+/m1/s1. The zero-order chi connectivity index (χ0) is 12.8. The quantitative estimate of drug-likeness (QED) is 0.494. The van der Waals surface area contributed by atoms with Crippen LogP contribution >= 0.6 is 11.8 Å². The minimum atomic E-state index is -1.26. The Morgan fingerprint density at radius 3 is 2.35 bits per heavy atom. The van der Waals surface area contributed by atoms with Gasteiger partial charge in [0.15, 0.2) is 0 Å². The van der Waals surface area contributed by atoms with Gasteiger partial charge >= 0.3 is 0 Å². The first-order chi connectivity index (χ1) is 8.11. The van der Waals surface area contributed by atoms with Gasteiger partial charge in [0.2, 0.25) is 0 Å². The second kappa shape index (κ2) is 7.56. The third-order valence-electron chi connectivity index (χ3n) is 2.88. The van der Waals surface area contributed by atoms with Crippen LogP contribution in [0.3, 0.4) is 0 Å². The highest BCUT2D eigenvalue weighted by Gasteiger charge is 2.43. The average Bonchev–Trinajstić information content (AvgIpc) is 2.34. The monoisotopic (exact) mass is 266 g/mol. The lowest BCUT2D eigenvalue weighted by molar-refractivity contribution is -0.205. The van der Waals surface area contributed by atoms with E-state index in [0.717, 1.165) is 25.0 Å². The van der Waals surface area contributed by atoms with Gasteiger partial charge < -0.3 is 25.2 Å². The van der Waals surface area contributed by atoms with Gasteiger partial charge in [0, 0.05) is 0 Å². The Kier molecular flexibility index (Phi) is 6.76. The van der Waals surface area contributed by atoms with Crippen molar-refractivity contribution in [3.63, 3.8) is 0 Å². The maximum atomic E-state index is 9.74. The molecule has 4 N–H and O–H groups in total. The van der Waals surface area contributed by atoms with E-state index in [-0.39, 0.29) is 6.61 Å². The van der Waals surface area contributed by atoms with Crippen molar-refractivity contribution in [2.75, 3.05) is 12.4 Å². The van der Waals surface area contributed by atoms with E-state index in [1.54, 1.807) is 0 Å². The van der Waals surface area contributed by atoms with Gasteiger partial charge in [-0.1, -0.05) is 19.8 Å². The van der Waals surface area contributed by atoms with Crippen molar-refractivity contribution in [1.82, 2.24) is 0 Å². The van der Waals surface area contributed by atoms with Gasteiger partial charge in [-0.2, -0.15) is 0 Å². The van der Waals surface area contributed by atoms with Crippen molar-refractivity contribution in [1.29, 1.82) is 0 Å². The molecule has 1 heterocycles. The molecule has 17 heavy (non-hydrogen) atoms. The van der Waals surface area contributed by atoms with E-state index in [0.29, 0.717) is 0 Å². The molecule has 1 saturated heterocycles. The highest BCUT2D eigenvalue weighted by molar-refractivity contribution is 7.99. The summed E-state index contributed by atoms with van der Waals surface area (Å²) in [7, 11) is 0. The molecule has 1 aliphatic heterocycles. The molecule has 0 spiro atoms. The lowest BCUT2D eigenvalue weighted by Gasteiger charge is -2.39. The highest BCUT2D eigenvalue weighted by Crippen LogP contribution is 2.28. The number of hydrogen-bond acceptors (Lipinski definition) is 6. The molecule has 0 saturated carbocycles. The second-order valence-corrected chi connectivity index (χ2v) is 5.48. The Labute approximate surface area is 106 Å². The molecule has 0 aromatic rings. The van der Waals surface area contributed by atoms with Crippen LogP contribution in [0, 0.1) is 0 Å². The molecule has 5 atom stereocenters. The van der Waals surface area contributed by atoms with E-state index in [4.69, 9.17) is 9.84 Å². The molecule has 6 heteroatoms. The number of hydrogen-bond donors (Lipinski definition) is 4. The van der Waals surface area contributed by atoms with Gasteiger partial charge in [0.1, 0.15) is 29.9 Å². The van der Waals surface area contributed by atoms with Crippen LogP contribution in [0.15, 0.2) is 0 Å². The largest absolute Gasteiger partial charge is 0.394 e. The fourth-order valence-electron chi connectivity index (χ4n) is 1.76. The lowest BCUT2D eigenvalue weighted by Crippen LogP contribution is -2.57. The van der Waals surface area contributed by atoms with Gasteiger partial charge in [-0.3, -0.25) is 0 Å². The highest BCUT2D eigenvalue weighted by atomic mass is 32.2. The summed E-state index contributed by atoms with van der Waals surface area (Å²) in [5, 5.41) is 37.9. The Hall–Kier alpha value is 0.150. The summed E-state index contributed by atoms with van der Waals surface area (Å²) in [6.45, 7) is 1.75. The molecule has 1 fully saturated rings. The van der Waals surface area contributed by atoms with Crippen LogP contribution in [0.5, 0.6) is 0 Å². The van der Waals surface area contributed by atoms with E-state index in [1.165, 1.54) is 11.8 Å². The predicted molar refractivity (Wildman–Crippen MR) is 65.8 cm³/mol. The van der Waals surface area contributed by atoms with Crippen molar-refractivity contribution >= 4 is 11.8 Å². The van der Waals surface area contributed by atoms with E-state index < -0.39 is 29.9 Å². The number of rotatable bonds is 6. The molecule has 0 bridgehead atoms. The molecule has 102 valence electrons. The summed E-state index contributed by atoms with van der Waals surface area (Å²) in [6, 6.07) is 0. The minimum Gasteiger partial charge on any atom is -0.394 e. The van der Waals surface area contributed by atoms with Crippen molar-refractivity contribution < 1.29 is 25.2 Å². The number of aliphatic hydroxyl groups excluding tert-OH is 4. The van der Waals surface area contributed by atoms with Crippen LogP contribution in [0.4, 0.5) is 0 Å². The third kappa shape index (κ3) is 4.08. The summed E-state index contributed by atoms with van der Waals surface area (Å²) in [5.74, 6) is 0.830. The Morgan fingerprint density at radius 1 is 1.06 bits per heavy atom. The second-order valence-electron chi connectivity index (χ2n) is 4.28. The van der Waals surface area contributed by atoms with Crippen LogP contribution in [-0.2, 0) is 4.74 Å². The van der Waals surface area contributed by atoms with Gasteiger partial charge in [-0.15, -0.1) is 11.8 Å². The number of ether oxygens (including phenoxy) is 1. The van der Waals surface area contributed by atoms with E-state index in [2.05, 4.69) is 6.92 Å². The van der Waals surface area contributed by atoms with Crippen molar-refractivity contribution in [3.8, 4) is 0 Å². The lowest BCUT2D eigenvalue weighted by atomic mass is 10.0. The summed E-state index contributed by atoms with van der Waals surface area (Å²) < 4.78 is 5.36. The first kappa shape index (κ1) is 15.2. The molecule has 0 aliphatic carbocycles. The zero-order valence-electron chi connectivity index (χ0n) is 10.0. The first-order valence-corrected chi connectivity index (χ1v) is 7.08. The normalized spacial score (nSPS) is 38.3. The average molecular weight is 266 g/mol. The number of unbranched alkanes of at least 4 members (excludes halogenated alkanes) is 2. The van der Waals surface area contributed by atoms with E-state index >= 15 is 0 Å². The predicted octanol–water partition coefficient (Wildman–Crippen LogP) is -0.290. The molecular formula is C11H22O5S. The Morgan fingerprint density at radius 2 is 1.76 bits per heavy atom. The molecule has 0 unspecified atom stereocenters. The Balaban J connectivity index is 2.42. The van der Waals surface area contributed by atoms with Crippen LogP contribution < -0.4 is 0 Å². The molecule has 0 aromatic heterocycles. The van der Waals surface area contributed by atoms with Gasteiger partial charge in [0.25, 0.3) is 0 Å². The first-order valence-electron chi connectivity index (χ1n) is 6.04. The molecule has 0 amide bonds. The molecule has 1 rings (SSSR count). The van der Waals surface area contributed by atoms with Crippen LogP contribution in [-0.4, -0.2) is 62.6 Å². The van der Waals surface area contributed by atoms with Gasteiger partial charge in [-0.25, -0.2) is 0 Å². The third-order valence-corrected chi connectivity index (χ3v) is 4.12. The van der Waals surface area contributed by atoms with Crippen molar-refractivity contribution in [2.24, 2.45) is 0 Å². The molecule has 5 nitrogen and oxygen atoms in total.